The molecule has 180 valence electrons. The van der Waals surface area contributed by atoms with Crippen molar-refractivity contribution in [3.63, 3.8) is 0 Å². The highest BCUT2D eigenvalue weighted by molar-refractivity contribution is 5.75. The smallest absolute Gasteiger partial charge is 0.407 e. The Balaban J connectivity index is 1.63. The zero-order valence-corrected chi connectivity index (χ0v) is 18.4. The van der Waals surface area contributed by atoms with Crippen LogP contribution in [0.15, 0.2) is 18.5 Å². The molecule has 14 heteroatoms. The minimum atomic E-state index is -3.10. The summed E-state index contributed by atoms with van der Waals surface area (Å²) >= 11 is 0. The molecule has 1 aliphatic carbocycles. The van der Waals surface area contributed by atoms with E-state index in [1.807, 2.05) is 0 Å². The van der Waals surface area contributed by atoms with Crippen molar-refractivity contribution >= 4 is 17.9 Å². The average Bonchev–Trinajstić information content (AvgIpc) is 3.57. The number of methoxy groups -OCH3 is 1. The molecule has 0 spiro atoms. The Kier molecular flexibility index (Phi) is 6.65. The van der Waals surface area contributed by atoms with Crippen molar-refractivity contribution in [1.29, 1.82) is 0 Å². The Morgan fingerprint density at radius 2 is 2.06 bits per heavy atom. The minimum absolute atomic E-state index is 0.201. The summed E-state index contributed by atoms with van der Waals surface area (Å²) in [4.78, 5) is 36.0. The van der Waals surface area contributed by atoms with Crippen molar-refractivity contribution in [2.75, 3.05) is 24.7 Å². The molecule has 1 aliphatic rings. The zero-order chi connectivity index (χ0) is 24.2. The van der Waals surface area contributed by atoms with E-state index in [1.54, 1.807) is 19.2 Å². The van der Waals surface area contributed by atoms with Gasteiger partial charge in [0.15, 0.2) is 5.82 Å². The molecule has 1 saturated carbocycles. The molecular weight excluding hydrogens is 452 g/mol. The maximum atomic E-state index is 12.7. The Labute approximate surface area is 192 Å². The van der Waals surface area contributed by atoms with Gasteiger partial charge < -0.3 is 30.8 Å². The van der Waals surface area contributed by atoms with E-state index in [1.165, 1.54) is 13.3 Å². The molecule has 1 atom stereocenters. The van der Waals surface area contributed by atoms with Crippen molar-refractivity contribution < 1.29 is 23.0 Å². The quantitative estimate of drug-likeness (QED) is 0.361. The number of imidazole rings is 1. The van der Waals surface area contributed by atoms with Gasteiger partial charge in [0, 0.05) is 24.7 Å². The van der Waals surface area contributed by atoms with Crippen molar-refractivity contribution in [2.24, 2.45) is 0 Å². The average molecular weight is 475 g/mol. The van der Waals surface area contributed by atoms with Crippen LogP contribution in [-0.4, -0.2) is 62.3 Å². The number of hydrogen-bond donors (Lipinski definition) is 4. The van der Waals surface area contributed by atoms with E-state index in [9.17, 15) is 13.6 Å². The molecular formula is C20H23F2N9O3. The maximum absolute atomic E-state index is 12.7. The van der Waals surface area contributed by atoms with Gasteiger partial charge in [-0.2, -0.15) is 8.78 Å². The number of nitrogen functional groups attached to an aromatic ring is 1. The van der Waals surface area contributed by atoms with Crippen LogP contribution in [0.1, 0.15) is 31.5 Å². The van der Waals surface area contributed by atoms with Crippen LogP contribution >= 0.6 is 0 Å². The van der Waals surface area contributed by atoms with E-state index in [0.717, 1.165) is 18.7 Å². The first-order valence-corrected chi connectivity index (χ1v) is 10.4. The number of carbonyl (C=O) groups excluding carboxylic acids is 1. The molecule has 1 unspecified atom stereocenters. The number of H-pyrrole nitrogens is 1. The lowest BCUT2D eigenvalue weighted by Crippen LogP contribution is -2.37. The van der Waals surface area contributed by atoms with Gasteiger partial charge in [-0.15, -0.1) is 0 Å². The molecule has 0 saturated heterocycles. The van der Waals surface area contributed by atoms with Gasteiger partial charge in [-0.3, -0.25) is 0 Å². The Bertz CT molecular complexity index is 1170. The molecule has 4 rings (SSSR count). The molecule has 5 N–H and O–H groups in total. The topological polar surface area (TPSA) is 166 Å². The Hall–Kier alpha value is -4.10. The summed E-state index contributed by atoms with van der Waals surface area (Å²) in [5.74, 6) is 0.590. The number of alkyl halides is 2. The molecule has 0 aliphatic heterocycles. The van der Waals surface area contributed by atoms with E-state index in [-0.39, 0.29) is 23.5 Å². The number of nitrogens with zero attached hydrogens (tertiary/aromatic N) is 5. The van der Waals surface area contributed by atoms with E-state index < -0.39 is 18.6 Å². The van der Waals surface area contributed by atoms with E-state index >= 15 is 0 Å². The number of alkyl carbamates (subject to hydrolysis) is 1. The van der Waals surface area contributed by atoms with Crippen LogP contribution in [0.3, 0.4) is 0 Å². The second-order valence-electron chi connectivity index (χ2n) is 7.63. The Morgan fingerprint density at radius 1 is 1.26 bits per heavy atom. The number of ether oxygens (including phenoxy) is 2. The van der Waals surface area contributed by atoms with Crippen LogP contribution in [0.2, 0.25) is 0 Å². The molecule has 1 amide bonds. The number of nitrogens with two attached hydrogens (primary N) is 1. The number of amides is 1. The van der Waals surface area contributed by atoms with Crippen molar-refractivity contribution in [3.8, 4) is 28.7 Å². The van der Waals surface area contributed by atoms with Crippen LogP contribution in [0.25, 0.3) is 22.8 Å². The third-order valence-corrected chi connectivity index (χ3v) is 4.92. The highest BCUT2D eigenvalue weighted by Crippen LogP contribution is 2.41. The van der Waals surface area contributed by atoms with Gasteiger partial charge in [-0.1, -0.05) is 0 Å². The second-order valence-corrected chi connectivity index (χ2v) is 7.63. The number of hydrogen-bond acceptors (Lipinski definition) is 10. The highest BCUT2D eigenvalue weighted by Gasteiger charge is 2.29. The SMILES string of the molecule is COC(=O)NC(C)CNc1nccc(-c2[nH]c(C3CC3)nc2-c2cnc(N)c(OC(F)F)n2)n1. The predicted molar refractivity (Wildman–Crippen MR) is 117 cm³/mol. The predicted octanol–water partition coefficient (Wildman–Crippen LogP) is 2.54. The number of anilines is 2. The van der Waals surface area contributed by atoms with Crippen molar-refractivity contribution in [2.45, 2.75) is 38.3 Å². The number of carbonyl (C=O) groups is 1. The largest absolute Gasteiger partial charge is 0.453 e. The first kappa shape index (κ1) is 23.1. The fourth-order valence-corrected chi connectivity index (χ4v) is 3.12. The Morgan fingerprint density at radius 3 is 2.76 bits per heavy atom. The second kappa shape index (κ2) is 9.80. The first-order chi connectivity index (χ1) is 16.3. The molecule has 3 aromatic rings. The van der Waals surface area contributed by atoms with Gasteiger partial charge in [-0.25, -0.2) is 29.7 Å². The van der Waals surface area contributed by atoms with E-state index in [2.05, 4.69) is 50.0 Å². The van der Waals surface area contributed by atoms with Crippen LogP contribution in [0.4, 0.5) is 25.3 Å². The summed E-state index contributed by atoms with van der Waals surface area (Å²) in [5, 5.41) is 5.69. The number of rotatable bonds is 9. The van der Waals surface area contributed by atoms with E-state index in [4.69, 9.17) is 5.73 Å². The van der Waals surface area contributed by atoms with Crippen molar-refractivity contribution in [3.05, 3.63) is 24.3 Å². The van der Waals surface area contributed by atoms with Gasteiger partial charge >= 0.3 is 12.7 Å². The lowest BCUT2D eigenvalue weighted by atomic mass is 10.2. The first-order valence-electron chi connectivity index (χ1n) is 10.4. The van der Waals surface area contributed by atoms with Gasteiger partial charge in [0.25, 0.3) is 5.88 Å². The van der Waals surface area contributed by atoms with Crippen LogP contribution in [0.5, 0.6) is 5.88 Å². The van der Waals surface area contributed by atoms with Gasteiger partial charge in [0.05, 0.1) is 24.7 Å². The third-order valence-electron chi connectivity index (χ3n) is 4.92. The van der Waals surface area contributed by atoms with Crippen molar-refractivity contribution in [1.82, 2.24) is 35.2 Å². The van der Waals surface area contributed by atoms with Gasteiger partial charge in [0.1, 0.15) is 17.2 Å². The molecule has 0 aromatic carbocycles. The monoisotopic (exact) mass is 475 g/mol. The van der Waals surface area contributed by atoms with Gasteiger partial charge in [0.2, 0.25) is 5.95 Å². The third kappa shape index (κ3) is 5.44. The standard InChI is InChI=1S/C20H23F2N9O3/c1-9(27-20(32)33-2)7-26-19-24-6-5-11(29-19)13-14(31-16(30-13)10-3-4-10)12-8-25-15(23)17(28-12)34-18(21)22/h5-6,8-10,18H,3-4,7H2,1-2H3,(H2,23,25)(H,27,32)(H,30,31)(H,24,26,29). The normalized spacial score (nSPS) is 14.0. The number of halogens is 2. The maximum Gasteiger partial charge on any atom is 0.407 e. The van der Waals surface area contributed by atoms with E-state index in [0.29, 0.717) is 29.6 Å². The van der Waals surface area contributed by atoms with Crippen LogP contribution < -0.4 is 21.1 Å². The molecule has 3 aromatic heterocycles. The fraction of sp³-hybridized carbons (Fsp3) is 0.400. The molecule has 12 nitrogen and oxygen atoms in total. The summed E-state index contributed by atoms with van der Waals surface area (Å²) in [6.07, 6.45) is 4.33. The number of aromatic amines is 1. The lowest BCUT2D eigenvalue weighted by molar-refractivity contribution is -0.0524. The highest BCUT2D eigenvalue weighted by atomic mass is 19.3. The number of aromatic nitrogens is 6. The number of nitrogens with one attached hydrogen (secondary N) is 3. The molecule has 3 heterocycles. The molecule has 1 fully saturated rings. The van der Waals surface area contributed by atoms with Crippen LogP contribution in [0, 0.1) is 0 Å². The lowest BCUT2D eigenvalue weighted by Gasteiger charge is -2.14. The molecule has 0 bridgehead atoms. The summed E-state index contributed by atoms with van der Waals surface area (Å²) in [6.45, 7) is -0.958. The van der Waals surface area contributed by atoms with Gasteiger partial charge in [-0.05, 0) is 25.8 Å². The summed E-state index contributed by atoms with van der Waals surface area (Å²) in [5.41, 5.74) is 7.22. The fourth-order valence-electron chi connectivity index (χ4n) is 3.12. The summed E-state index contributed by atoms with van der Waals surface area (Å²) < 4.78 is 34.4. The zero-order valence-electron chi connectivity index (χ0n) is 18.4. The summed E-state index contributed by atoms with van der Waals surface area (Å²) in [7, 11) is 1.29. The molecule has 34 heavy (non-hydrogen) atoms. The minimum Gasteiger partial charge on any atom is -0.453 e. The van der Waals surface area contributed by atoms with Crippen LogP contribution in [-0.2, 0) is 4.74 Å². The molecule has 0 radical (unpaired) electrons. The summed E-state index contributed by atoms with van der Waals surface area (Å²) in [6, 6.07) is 1.43.